The van der Waals surface area contributed by atoms with Crippen LogP contribution < -0.4 is 16.0 Å². The number of aryl methyl sites for hydroxylation is 2. The first-order valence-corrected chi connectivity index (χ1v) is 14.9. The Balaban J connectivity index is 1.55. The van der Waals surface area contributed by atoms with Crippen LogP contribution in [0, 0.1) is 18.6 Å². The van der Waals surface area contributed by atoms with E-state index in [1.807, 2.05) is 6.92 Å². The largest absolute Gasteiger partial charge is 0.336 e. The molecule has 0 saturated carbocycles. The van der Waals surface area contributed by atoms with Crippen LogP contribution >= 0.6 is 0 Å². The Morgan fingerprint density at radius 1 is 1.00 bits per heavy atom. The van der Waals surface area contributed by atoms with Crippen LogP contribution in [0.2, 0.25) is 0 Å². The van der Waals surface area contributed by atoms with Gasteiger partial charge >= 0.3 is 5.69 Å². The van der Waals surface area contributed by atoms with Gasteiger partial charge in [-0.05, 0) is 66.8 Å². The molecule has 0 saturated heterocycles. The third-order valence-electron chi connectivity index (χ3n) is 7.10. The van der Waals surface area contributed by atoms with Crippen molar-refractivity contribution in [1.82, 2.24) is 19.5 Å². The number of benzene rings is 3. The molecule has 0 radical (unpaired) electrons. The van der Waals surface area contributed by atoms with Gasteiger partial charge in [0.05, 0.1) is 4.90 Å². The van der Waals surface area contributed by atoms with Crippen molar-refractivity contribution in [3.63, 3.8) is 0 Å². The Bertz CT molecular complexity index is 1980. The molecule has 2 heterocycles. The molecule has 42 heavy (non-hydrogen) atoms. The molecule has 0 aliphatic heterocycles. The highest BCUT2D eigenvalue weighted by molar-refractivity contribution is 7.92. The molecule has 5 aromatic rings. The van der Waals surface area contributed by atoms with E-state index in [1.54, 1.807) is 49.4 Å². The summed E-state index contributed by atoms with van der Waals surface area (Å²) in [4.78, 5) is 35.1. The Morgan fingerprint density at radius 2 is 1.74 bits per heavy atom. The lowest BCUT2D eigenvalue weighted by molar-refractivity contribution is 0.594. The number of fused-ring (bicyclic) bond motifs is 1. The molecule has 0 aliphatic rings. The molecule has 5 rings (SSSR count). The van der Waals surface area contributed by atoms with Gasteiger partial charge in [-0.3, -0.25) is 19.1 Å². The molecule has 1 atom stereocenters. The molecule has 0 amide bonds. The van der Waals surface area contributed by atoms with Crippen molar-refractivity contribution in [2.75, 3.05) is 4.72 Å². The monoisotopic (exact) mass is 593 g/mol. The summed E-state index contributed by atoms with van der Waals surface area (Å²) in [6, 6.07) is 16.3. The predicted octanol–water partition coefficient (Wildman–Crippen LogP) is 4.98. The van der Waals surface area contributed by atoms with Crippen molar-refractivity contribution in [3.8, 4) is 0 Å². The number of aromatic amines is 2. The van der Waals surface area contributed by atoms with Gasteiger partial charge in [-0.1, -0.05) is 49.7 Å². The number of aromatic nitrogens is 4. The number of hydrogen-bond acceptors (Lipinski definition) is 5. The maximum Gasteiger partial charge on any atom is 0.330 e. The number of H-pyrrole nitrogens is 2. The molecule has 0 bridgehead atoms. The summed E-state index contributed by atoms with van der Waals surface area (Å²) in [7, 11) is -4.07. The van der Waals surface area contributed by atoms with Gasteiger partial charge in [-0.2, -0.15) is 0 Å². The molecular formula is C30H29F2N5O4S. The van der Waals surface area contributed by atoms with E-state index in [-0.39, 0.29) is 28.2 Å². The zero-order valence-corrected chi connectivity index (χ0v) is 23.8. The Hall–Kier alpha value is -4.58. The first-order valence-electron chi connectivity index (χ1n) is 13.4. The fourth-order valence-electron chi connectivity index (χ4n) is 4.86. The van der Waals surface area contributed by atoms with E-state index in [4.69, 9.17) is 0 Å². The fraction of sp³-hybridized carbons (Fsp3) is 0.233. The average molecular weight is 594 g/mol. The summed E-state index contributed by atoms with van der Waals surface area (Å²) in [5.74, 6) is -1.32. The molecule has 3 aromatic carbocycles. The van der Waals surface area contributed by atoms with Crippen molar-refractivity contribution in [2.24, 2.45) is 0 Å². The van der Waals surface area contributed by atoms with Gasteiger partial charge in [-0.25, -0.2) is 27.0 Å². The van der Waals surface area contributed by atoms with Crippen LogP contribution in [0.1, 0.15) is 48.2 Å². The smallest absolute Gasteiger partial charge is 0.330 e. The van der Waals surface area contributed by atoms with Crippen molar-refractivity contribution >= 4 is 26.9 Å². The van der Waals surface area contributed by atoms with E-state index in [2.05, 4.69) is 19.7 Å². The molecule has 2 aromatic heterocycles. The number of sulfonamides is 1. The number of imidazole rings is 1. The lowest BCUT2D eigenvalue weighted by Gasteiger charge is -2.17. The summed E-state index contributed by atoms with van der Waals surface area (Å²) in [5.41, 5.74) is 0.866. The molecule has 9 nitrogen and oxygen atoms in total. The quantitative estimate of drug-likeness (QED) is 0.210. The zero-order valence-electron chi connectivity index (χ0n) is 22.9. The molecule has 1 unspecified atom stereocenters. The fourth-order valence-corrected chi connectivity index (χ4v) is 6.18. The Labute approximate surface area is 240 Å². The van der Waals surface area contributed by atoms with Crippen LogP contribution in [0.25, 0.3) is 11.2 Å². The lowest BCUT2D eigenvalue weighted by Crippen LogP contribution is -2.30. The second-order valence-electron chi connectivity index (χ2n) is 10.1. The highest BCUT2D eigenvalue weighted by atomic mass is 32.2. The third-order valence-corrected chi connectivity index (χ3v) is 8.63. The maximum atomic E-state index is 14.7. The van der Waals surface area contributed by atoms with Crippen LogP contribution in [0.5, 0.6) is 0 Å². The molecule has 0 spiro atoms. The number of anilines is 1. The minimum atomic E-state index is -4.07. The zero-order chi connectivity index (χ0) is 30.0. The number of rotatable bonds is 10. The topological polar surface area (TPSA) is 130 Å². The second kappa shape index (κ2) is 11.7. The van der Waals surface area contributed by atoms with E-state index >= 15 is 0 Å². The number of hydrogen-bond donors (Lipinski definition) is 3. The standard InChI is InChI=1S/C30H29F2N5O4S/c1-3-4-15-37-28-26(29(38)35-30(37)39)33-27(34-28)23(16-20-7-5-6-8-24(20)32)19-10-13-22(14-11-19)36-42(40,41)25-17-21(31)12-9-18(25)2/h5-14,17,23,36H,3-4,15-16H2,1-2H3,(H,33,34)(H,35,38,39). The first kappa shape index (κ1) is 28.9. The van der Waals surface area contributed by atoms with Gasteiger partial charge < -0.3 is 4.98 Å². The molecular weight excluding hydrogens is 564 g/mol. The number of nitrogens with zero attached hydrogens (tertiary/aromatic N) is 2. The van der Waals surface area contributed by atoms with Crippen LogP contribution in [0.15, 0.2) is 81.2 Å². The van der Waals surface area contributed by atoms with Gasteiger partial charge in [-0.15, -0.1) is 0 Å². The van der Waals surface area contributed by atoms with E-state index in [0.717, 1.165) is 12.5 Å². The van der Waals surface area contributed by atoms with Gasteiger partial charge in [0.15, 0.2) is 5.65 Å². The van der Waals surface area contributed by atoms with Gasteiger partial charge in [0, 0.05) is 18.2 Å². The summed E-state index contributed by atoms with van der Waals surface area (Å²) in [6.07, 6.45) is 1.70. The van der Waals surface area contributed by atoms with Crippen LogP contribution in [-0.4, -0.2) is 27.9 Å². The minimum absolute atomic E-state index is 0.133. The summed E-state index contributed by atoms with van der Waals surface area (Å²) < 4.78 is 58.3. The average Bonchev–Trinajstić information content (AvgIpc) is 3.40. The summed E-state index contributed by atoms with van der Waals surface area (Å²) in [6.45, 7) is 3.92. The van der Waals surface area contributed by atoms with Crippen molar-refractivity contribution in [2.45, 2.75) is 50.5 Å². The highest BCUT2D eigenvalue weighted by Crippen LogP contribution is 2.30. The molecule has 218 valence electrons. The van der Waals surface area contributed by atoms with Crippen LogP contribution in [0.3, 0.4) is 0 Å². The van der Waals surface area contributed by atoms with E-state index in [0.29, 0.717) is 35.5 Å². The van der Waals surface area contributed by atoms with E-state index in [9.17, 15) is 26.8 Å². The van der Waals surface area contributed by atoms with Gasteiger partial charge in [0.2, 0.25) is 0 Å². The number of halogens is 2. The Morgan fingerprint density at radius 3 is 2.45 bits per heavy atom. The highest BCUT2D eigenvalue weighted by Gasteiger charge is 2.24. The van der Waals surface area contributed by atoms with Crippen molar-refractivity contribution in [3.05, 3.63) is 122 Å². The molecule has 3 N–H and O–H groups in total. The number of unbranched alkanes of at least 4 members (excludes halogenated alkanes) is 1. The third kappa shape index (κ3) is 5.89. The van der Waals surface area contributed by atoms with Gasteiger partial charge in [0.1, 0.15) is 23.0 Å². The Kier molecular flexibility index (Phi) is 8.08. The van der Waals surface area contributed by atoms with Crippen LogP contribution in [-0.2, 0) is 23.0 Å². The second-order valence-corrected chi connectivity index (χ2v) is 11.7. The normalized spacial score (nSPS) is 12.5. The molecule has 0 fully saturated rings. The SMILES string of the molecule is CCCCn1c(=O)[nH]c(=O)c2[nH]c(C(Cc3ccccc3F)c3ccc(NS(=O)(=O)c4cc(F)ccc4C)cc3)nc21. The van der Waals surface area contributed by atoms with Crippen molar-refractivity contribution < 1.29 is 17.2 Å². The van der Waals surface area contributed by atoms with Crippen LogP contribution in [0.4, 0.5) is 14.5 Å². The molecule has 0 aliphatic carbocycles. The maximum absolute atomic E-state index is 14.7. The van der Waals surface area contributed by atoms with Gasteiger partial charge in [0.25, 0.3) is 15.6 Å². The minimum Gasteiger partial charge on any atom is -0.336 e. The summed E-state index contributed by atoms with van der Waals surface area (Å²) >= 11 is 0. The summed E-state index contributed by atoms with van der Waals surface area (Å²) in [5, 5.41) is 0. The first-order chi connectivity index (χ1) is 20.1. The van der Waals surface area contributed by atoms with E-state index < -0.39 is 38.8 Å². The molecule has 12 heteroatoms. The number of nitrogens with one attached hydrogen (secondary N) is 3. The predicted molar refractivity (Wildman–Crippen MR) is 156 cm³/mol. The lowest BCUT2D eigenvalue weighted by atomic mass is 9.91. The van der Waals surface area contributed by atoms with E-state index in [1.165, 1.54) is 22.8 Å². The van der Waals surface area contributed by atoms with Crippen molar-refractivity contribution in [1.29, 1.82) is 0 Å².